The van der Waals surface area contributed by atoms with E-state index in [0.717, 1.165) is 12.7 Å². The Morgan fingerprint density at radius 1 is 0.862 bits per heavy atom. The predicted octanol–water partition coefficient (Wildman–Crippen LogP) is 2.37. The third-order valence-electron chi connectivity index (χ3n) is 3.34. The summed E-state index contributed by atoms with van der Waals surface area (Å²) in [5.41, 5.74) is 1.12. The first kappa shape index (κ1) is 23.4. The number of carbonyl (C=O) groups is 4. The maximum absolute atomic E-state index is 11.2. The number of benzene rings is 2. The molecule has 2 N–H and O–H groups in total. The van der Waals surface area contributed by atoms with Crippen LogP contribution < -0.4 is 14.8 Å². The molecule has 0 unspecified atom stereocenters. The van der Waals surface area contributed by atoms with E-state index in [9.17, 15) is 19.2 Å². The van der Waals surface area contributed by atoms with Gasteiger partial charge >= 0.3 is 5.97 Å². The molecule has 1 amide bonds. The van der Waals surface area contributed by atoms with E-state index in [1.807, 2.05) is 6.92 Å². The summed E-state index contributed by atoms with van der Waals surface area (Å²) in [6.07, 6.45) is 2.37. The Kier molecular flexibility index (Phi) is 10.9. The van der Waals surface area contributed by atoms with E-state index in [2.05, 4.69) is 5.32 Å². The Morgan fingerprint density at radius 3 is 1.69 bits per heavy atom. The summed E-state index contributed by atoms with van der Waals surface area (Å²) >= 11 is 0. The number of amides is 1. The van der Waals surface area contributed by atoms with Gasteiger partial charge in [-0.15, -0.1) is 0 Å². The van der Waals surface area contributed by atoms with E-state index in [1.165, 1.54) is 0 Å². The van der Waals surface area contributed by atoms with Crippen molar-refractivity contribution in [3.05, 3.63) is 59.7 Å². The molecule has 0 saturated carbocycles. The highest BCUT2D eigenvalue weighted by atomic mass is 16.5. The van der Waals surface area contributed by atoms with Crippen LogP contribution in [-0.2, 0) is 9.59 Å². The number of rotatable bonds is 10. The van der Waals surface area contributed by atoms with E-state index >= 15 is 0 Å². The zero-order valence-electron chi connectivity index (χ0n) is 16.0. The number of aldehydes is 2. The largest absolute Gasteiger partial charge is 0.484 e. The molecule has 0 bridgehead atoms. The minimum Gasteiger partial charge on any atom is -0.484 e. The van der Waals surface area contributed by atoms with Gasteiger partial charge in [0.15, 0.2) is 13.2 Å². The highest BCUT2D eigenvalue weighted by molar-refractivity contribution is 5.77. The topological polar surface area (TPSA) is 119 Å². The van der Waals surface area contributed by atoms with Crippen molar-refractivity contribution in [3.63, 3.8) is 0 Å². The quantitative estimate of drug-likeness (QED) is 0.587. The van der Waals surface area contributed by atoms with Crippen molar-refractivity contribution >= 4 is 24.4 Å². The minimum atomic E-state index is -1.03. The van der Waals surface area contributed by atoms with Gasteiger partial charge in [0.25, 0.3) is 5.91 Å². The maximum atomic E-state index is 11.2. The summed E-state index contributed by atoms with van der Waals surface area (Å²) in [5, 5.41) is 11.0. The summed E-state index contributed by atoms with van der Waals surface area (Å²) in [6.45, 7) is 2.27. The van der Waals surface area contributed by atoms with Crippen molar-refractivity contribution in [2.45, 2.75) is 13.3 Å². The van der Waals surface area contributed by atoms with E-state index in [4.69, 9.17) is 14.6 Å². The first-order chi connectivity index (χ1) is 14.0. The Bertz CT molecular complexity index is 786. The summed E-state index contributed by atoms with van der Waals surface area (Å²) in [5.74, 6) is -0.147. The first-order valence-electron chi connectivity index (χ1n) is 8.83. The molecule has 0 saturated heterocycles. The summed E-state index contributed by atoms with van der Waals surface area (Å²) in [4.78, 5) is 42.0. The summed E-state index contributed by atoms with van der Waals surface area (Å²) < 4.78 is 10.1. The van der Waals surface area contributed by atoms with Crippen LogP contribution in [0.4, 0.5) is 0 Å². The average molecular weight is 401 g/mol. The molecule has 0 aromatic heterocycles. The van der Waals surface area contributed by atoms with Gasteiger partial charge in [0.05, 0.1) is 0 Å². The van der Waals surface area contributed by atoms with Crippen LogP contribution in [0.1, 0.15) is 34.1 Å². The second-order valence-electron chi connectivity index (χ2n) is 5.69. The first-order valence-corrected chi connectivity index (χ1v) is 8.83. The smallest absolute Gasteiger partial charge is 0.341 e. The molecule has 0 spiro atoms. The van der Waals surface area contributed by atoms with Crippen molar-refractivity contribution < 1.29 is 33.8 Å². The van der Waals surface area contributed by atoms with Gasteiger partial charge in [-0.3, -0.25) is 14.4 Å². The van der Waals surface area contributed by atoms with Gasteiger partial charge in [0, 0.05) is 17.7 Å². The lowest BCUT2D eigenvalue weighted by Gasteiger charge is -2.06. The monoisotopic (exact) mass is 401 g/mol. The molecule has 0 aliphatic heterocycles. The third kappa shape index (κ3) is 10.3. The molecule has 0 aliphatic rings. The van der Waals surface area contributed by atoms with Crippen LogP contribution in [0, 0.1) is 0 Å². The number of aliphatic carboxylic acids is 1. The van der Waals surface area contributed by atoms with Crippen molar-refractivity contribution in [1.82, 2.24) is 5.32 Å². The molecule has 29 heavy (non-hydrogen) atoms. The zero-order valence-corrected chi connectivity index (χ0v) is 16.0. The second-order valence-corrected chi connectivity index (χ2v) is 5.69. The third-order valence-corrected chi connectivity index (χ3v) is 3.34. The Balaban J connectivity index is 0.000000296. The fraction of sp³-hybridized carbons (Fsp3) is 0.238. The predicted molar refractivity (Wildman–Crippen MR) is 106 cm³/mol. The molecule has 154 valence electrons. The number of ether oxygens (including phenoxy) is 2. The van der Waals surface area contributed by atoms with Crippen LogP contribution >= 0.6 is 0 Å². The van der Waals surface area contributed by atoms with E-state index in [-0.39, 0.29) is 19.1 Å². The molecule has 8 nitrogen and oxygen atoms in total. The van der Waals surface area contributed by atoms with Crippen molar-refractivity contribution in [3.8, 4) is 11.5 Å². The molecule has 8 heteroatoms. The molecular weight excluding hydrogens is 378 g/mol. The molecule has 2 aromatic rings. The second kappa shape index (κ2) is 13.5. The number of nitrogens with one attached hydrogen (secondary N) is 1. The molecule has 0 radical (unpaired) electrons. The lowest BCUT2D eigenvalue weighted by molar-refractivity contribution is -0.139. The van der Waals surface area contributed by atoms with Crippen LogP contribution in [0.5, 0.6) is 11.5 Å². The molecule has 0 heterocycles. The average Bonchev–Trinajstić information content (AvgIpc) is 2.76. The number of carboxylic acid groups (broad SMARTS) is 1. The van der Waals surface area contributed by atoms with Crippen LogP contribution in [0.15, 0.2) is 48.5 Å². The maximum Gasteiger partial charge on any atom is 0.341 e. The SMILES string of the molecule is CCCNC(=O)COc1ccc(C=O)cc1.O=Cc1ccc(OCC(=O)O)cc1. The van der Waals surface area contributed by atoms with Crippen molar-refractivity contribution in [2.24, 2.45) is 0 Å². The van der Waals surface area contributed by atoms with Crippen LogP contribution in [0.2, 0.25) is 0 Å². The van der Waals surface area contributed by atoms with Gasteiger partial charge < -0.3 is 19.9 Å². The molecule has 2 aromatic carbocycles. The Labute approximate surface area is 168 Å². The van der Waals surface area contributed by atoms with Crippen LogP contribution in [0.3, 0.4) is 0 Å². The minimum absolute atomic E-state index is 0.000432. The molecule has 0 fully saturated rings. The molecule has 2 rings (SSSR count). The Morgan fingerprint density at radius 2 is 1.31 bits per heavy atom. The van der Waals surface area contributed by atoms with Gasteiger partial charge in [-0.25, -0.2) is 4.79 Å². The lowest BCUT2D eigenvalue weighted by Crippen LogP contribution is -2.29. The molecule has 0 aliphatic carbocycles. The summed E-state index contributed by atoms with van der Waals surface area (Å²) in [7, 11) is 0. The highest BCUT2D eigenvalue weighted by Crippen LogP contribution is 2.11. The van der Waals surface area contributed by atoms with Crippen LogP contribution in [-0.4, -0.2) is 49.3 Å². The van der Waals surface area contributed by atoms with Crippen LogP contribution in [0.25, 0.3) is 0 Å². The van der Waals surface area contributed by atoms with E-state index in [0.29, 0.717) is 35.5 Å². The fourth-order valence-corrected chi connectivity index (χ4v) is 1.89. The van der Waals surface area contributed by atoms with Gasteiger partial charge in [-0.05, 0) is 55.0 Å². The van der Waals surface area contributed by atoms with E-state index < -0.39 is 5.97 Å². The van der Waals surface area contributed by atoms with Gasteiger partial charge in [-0.1, -0.05) is 6.92 Å². The lowest BCUT2D eigenvalue weighted by atomic mass is 10.2. The molecule has 0 atom stereocenters. The summed E-state index contributed by atoms with van der Waals surface area (Å²) in [6, 6.07) is 12.8. The Hall–Kier alpha value is -3.68. The van der Waals surface area contributed by atoms with Crippen molar-refractivity contribution in [2.75, 3.05) is 19.8 Å². The van der Waals surface area contributed by atoms with E-state index in [1.54, 1.807) is 48.5 Å². The van der Waals surface area contributed by atoms with Crippen molar-refractivity contribution in [1.29, 1.82) is 0 Å². The highest BCUT2D eigenvalue weighted by Gasteiger charge is 2.01. The number of carbonyl (C=O) groups excluding carboxylic acids is 3. The normalized spacial score (nSPS) is 9.41. The van der Waals surface area contributed by atoms with Gasteiger partial charge in [0.1, 0.15) is 24.1 Å². The molecular formula is C21H23NO7. The van der Waals surface area contributed by atoms with Gasteiger partial charge in [0.2, 0.25) is 0 Å². The number of carboxylic acids is 1. The van der Waals surface area contributed by atoms with Gasteiger partial charge in [-0.2, -0.15) is 0 Å². The fourth-order valence-electron chi connectivity index (χ4n) is 1.89. The number of hydrogen-bond acceptors (Lipinski definition) is 6. The zero-order chi connectivity index (χ0) is 21.5. The number of hydrogen-bond donors (Lipinski definition) is 2. The standard InChI is InChI=1S/C12H15NO3.C9H8O4/c1-2-7-13-12(15)9-16-11-5-3-10(8-14)4-6-11;10-5-7-1-3-8(4-2-7)13-6-9(11)12/h3-6,8H,2,7,9H2,1H3,(H,13,15);1-5H,6H2,(H,11,12).